The van der Waals surface area contributed by atoms with Gasteiger partial charge in [-0.25, -0.2) is 4.39 Å². The molecule has 194 valence electrons. The summed E-state index contributed by atoms with van der Waals surface area (Å²) in [6.45, 7) is 2.40. The molecule has 1 aliphatic heterocycles. The predicted molar refractivity (Wildman–Crippen MR) is 139 cm³/mol. The van der Waals surface area contributed by atoms with Crippen LogP contribution in [0.4, 0.5) is 15.8 Å². The SMILES string of the molecule is CNC(C)(C(N)=O)[C@@H](C(=O)N1CCC[C@H]1c1cc(N(C)c2ccc(F)cc2)ccn1)C1CCCCC1. The topological polar surface area (TPSA) is 91.6 Å². The van der Waals surface area contributed by atoms with Gasteiger partial charge in [0, 0.05) is 31.2 Å². The van der Waals surface area contributed by atoms with Crippen LogP contribution in [0, 0.1) is 17.7 Å². The highest BCUT2D eigenvalue weighted by molar-refractivity contribution is 5.93. The Morgan fingerprint density at radius 3 is 2.44 bits per heavy atom. The maximum atomic E-state index is 14.2. The molecule has 1 aromatic carbocycles. The molecule has 1 aliphatic carbocycles. The highest BCUT2D eigenvalue weighted by atomic mass is 19.1. The van der Waals surface area contributed by atoms with Gasteiger partial charge in [0.25, 0.3) is 0 Å². The van der Waals surface area contributed by atoms with Gasteiger partial charge in [-0.05, 0) is 82.0 Å². The first-order chi connectivity index (χ1) is 17.3. The quantitative estimate of drug-likeness (QED) is 0.569. The number of carbonyl (C=O) groups excluding carboxylic acids is 2. The molecule has 7 nitrogen and oxygen atoms in total. The van der Waals surface area contributed by atoms with E-state index in [1.165, 1.54) is 12.1 Å². The summed E-state index contributed by atoms with van der Waals surface area (Å²) in [4.78, 5) is 35.4. The Balaban J connectivity index is 1.63. The molecule has 0 bridgehead atoms. The van der Waals surface area contributed by atoms with Crippen LogP contribution in [0.2, 0.25) is 0 Å². The molecule has 4 rings (SSSR count). The van der Waals surface area contributed by atoms with Crippen molar-refractivity contribution >= 4 is 23.2 Å². The van der Waals surface area contributed by atoms with Crippen LogP contribution in [-0.4, -0.2) is 47.9 Å². The van der Waals surface area contributed by atoms with Gasteiger partial charge in [-0.15, -0.1) is 0 Å². The second-order valence-electron chi connectivity index (χ2n) is 10.4. The number of rotatable bonds is 8. The Bertz CT molecular complexity index is 1070. The Labute approximate surface area is 213 Å². The number of amides is 2. The minimum atomic E-state index is -1.12. The van der Waals surface area contributed by atoms with Gasteiger partial charge in [0.1, 0.15) is 11.4 Å². The standard InChI is InChI=1S/C28H38FN5O2/c1-28(31-2,27(30)36)25(19-8-5-4-6-9-19)26(35)34-17-7-10-24(34)23-18-22(15-16-32-23)33(3)21-13-11-20(29)12-14-21/h11-16,18-19,24-25,31H,4-10,17H2,1-3H3,(H2,30,36)/t24-,25+,28?/m0/s1. The van der Waals surface area contributed by atoms with Crippen LogP contribution in [0.5, 0.6) is 0 Å². The molecule has 3 atom stereocenters. The lowest BCUT2D eigenvalue weighted by Crippen LogP contribution is -2.63. The molecule has 1 saturated carbocycles. The van der Waals surface area contributed by atoms with E-state index in [0.29, 0.717) is 6.54 Å². The average Bonchev–Trinajstić information content (AvgIpc) is 3.39. The van der Waals surface area contributed by atoms with Gasteiger partial charge in [-0.3, -0.25) is 14.6 Å². The highest BCUT2D eigenvalue weighted by Gasteiger charge is 2.50. The van der Waals surface area contributed by atoms with Crippen molar-refractivity contribution in [1.82, 2.24) is 15.2 Å². The fraction of sp³-hybridized carbons (Fsp3) is 0.536. The van der Waals surface area contributed by atoms with Gasteiger partial charge in [-0.1, -0.05) is 19.3 Å². The third kappa shape index (κ3) is 5.09. The van der Waals surface area contributed by atoms with E-state index in [1.807, 2.05) is 29.0 Å². The molecule has 36 heavy (non-hydrogen) atoms. The average molecular weight is 496 g/mol. The number of halogens is 1. The summed E-state index contributed by atoms with van der Waals surface area (Å²) < 4.78 is 13.4. The van der Waals surface area contributed by atoms with Crippen molar-refractivity contribution < 1.29 is 14.0 Å². The highest BCUT2D eigenvalue weighted by Crippen LogP contribution is 2.41. The lowest BCUT2D eigenvalue weighted by atomic mass is 9.69. The van der Waals surface area contributed by atoms with E-state index in [-0.39, 0.29) is 23.7 Å². The van der Waals surface area contributed by atoms with E-state index in [9.17, 15) is 14.0 Å². The molecule has 8 heteroatoms. The number of hydrogen-bond acceptors (Lipinski definition) is 5. The molecule has 1 saturated heterocycles. The Morgan fingerprint density at radius 1 is 1.11 bits per heavy atom. The van der Waals surface area contributed by atoms with Gasteiger partial charge in [-0.2, -0.15) is 0 Å². The number of likely N-dealkylation sites (N-methyl/N-ethyl adjacent to an activating group) is 1. The molecule has 3 N–H and O–H groups in total. The number of aromatic nitrogens is 1. The lowest BCUT2D eigenvalue weighted by molar-refractivity contribution is -0.147. The molecule has 1 aromatic heterocycles. The van der Waals surface area contributed by atoms with E-state index >= 15 is 0 Å². The summed E-state index contributed by atoms with van der Waals surface area (Å²) in [5.41, 5.74) is 7.34. The smallest absolute Gasteiger partial charge is 0.238 e. The van der Waals surface area contributed by atoms with E-state index < -0.39 is 17.4 Å². The number of benzene rings is 1. The van der Waals surface area contributed by atoms with Crippen molar-refractivity contribution in [1.29, 1.82) is 0 Å². The maximum Gasteiger partial charge on any atom is 0.238 e. The molecule has 2 amide bonds. The van der Waals surface area contributed by atoms with Crippen molar-refractivity contribution in [3.63, 3.8) is 0 Å². The zero-order valence-electron chi connectivity index (χ0n) is 21.5. The zero-order valence-corrected chi connectivity index (χ0v) is 21.5. The lowest BCUT2D eigenvalue weighted by Gasteiger charge is -2.42. The number of primary amides is 1. The van der Waals surface area contributed by atoms with E-state index in [2.05, 4.69) is 10.3 Å². The summed E-state index contributed by atoms with van der Waals surface area (Å²) in [6, 6.07) is 10.1. The van der Waals surface area contributed by atoms with Crippen molar-refractivity contribution in [3.8, 4) is 0 Å². The van der Waals surface area contributed by atoms with Gasteiger partial charge in [0.05, 0.1) is 17.7 Å². The first-order valence-electron chi connectivity index (χ1n) is 13.0. The third-order valence-corrected chi connectivity index (χ3v) is 8.28. The Morgan fingerprint density at radius 2 is 1.81 bits per heavy atom. The maximum absolute atomic E-state index is 14.2. The summed E-state index contributed by atoms with van der Waals surface area (Å²) in [6.07, 6.45) is 8.59. The number of nitrogens with one attached hydrogen (secondary N) is 1. The van der Waals surface area contributed by atoms with Gasteiger partial charge in [0.15, 0.2) is 0 Å². The van der Waals surface area contributed by atoms with Crippen molar-refractivity contribution in [2.45, 2.75) is 63.5 Å². The summed E-state index contributed by atoms with van der Waals surface area (Å²) in [5.74, 6) is -1.20. The van der Waals surface area contributed by atoms with Crippen LogP contribution in [-0.2, 0) is 9.59 Å². The molecule has 1 unspecified atom stereocenters. The van der Waals surface area contributed by atoms with Crippen LogP contribution >= 0.6 is 0 Å². The first-order valence-corrected chi connectivity index (χ1v) is 13.0. The second-order valence-corrected chi connectivity index (χ2v) is 10.4. The second kappa shape index (κ2) is 10.9. The van der Waals surface area contributed by atoms with Crippen LogP contribution in [0.25, 0.3) is 0 Å². The number of pyridine rings is 1. The number of nitrogens with zero attached hydrogens (tertiary/aromatic N) is 3. The number of likely N-dealkylation sites (tertiary alicyclic amines) is 1. The van der Waals surface area contributed by atoms with Crippen LogP contribution in [0.3, 0.4) is 0 Å². The molecular weight excluding hydrogens is 457 g/mol. The molecule has 2 heterocycles. The minimum absolute atomic E-state index is 0.0147. The fourth-order valence-electron chi connectivity index (χ4n) is 5.98. The van der Waals surface area contributed by atoms with E-state index in [4.69, 9.17) is 5.73 Å². The number of anilines is 2. The first kappa shape index (κ1) is 26.1. The number of hydrogen-bond donors (Lipinski definition) is 2. The monoisotopic (exact) mass is 495 g/mol. The van der Waals surface area contributed by atoms with Crippen LogP contribution in [0.1, 0.15) is 63.6 Å². The fourth-order valence-corrected chi connectivity index (χ4v) is 5.98. The summed E-state index contributed by atoms with van der Waals surface area (Å²) in [7, 11) is 3.64. The summed E-state index contributed by atoms with van der Waals surface area (Å²) in [5, 5.41) is 3.11. The molecular formula is C28H38FN5O2. The van der Waals surface area contributed by atoms with Crippen molar-refractivity contribution in [2.75, 3.05) is 25.5 Å². The van der Waals surface area contributed by atoms with Gasteiger partial charge in [0.2, 0.25) is 11.8 Å². The van der Waals surface area contributed by atoms with Crippen LogP contribution in [0.15, 0.2) is 42.6 Å². The third-order valence-electron chi connectivity index (χ3n) is 8.28. The molecule has 2 aliphatic rings. The summed E-state index contributed by atoms with van der Waals surface area (Å²) >= 11 is 0. The largest absolute Gasteiger partial charge is 0.368 e. The normalized spacial score (nSPS) is 21.1. The Kier molecular flexibility index (Phi) is 7.93. The van der Waals surface area contributed by atoms with Gasteiger partial charge < -0.3 is 20.9 Å². The van der Waals surface area contributed by atoms with Crippen molar-refractivity contribution in [2.24, 2.45) is 17.6 Å². The predicted octanol–water partition coefficient (Wildman–Crippen LogP) is 4.31. The van der Waals surface area contributed by atoms with Crippen molar-refractivity contribution in [3.05, 3.63) is 54.1 Å². The van der Waals surface area contributed by atoms with E-state index in [1.54, 1.807) is 32.3 Å². The molecule has 0 radical (unpaired) electrons. The molecule has 2 aromatic rings. The molecule has 0 spiro atoms. The minimum Gasteiger partial charge on any atom is -0.368 e. The van der Waals surface area contributed by atoms with Gasteiger partial charge >= 0.3 is 0 Å². The number of carbonyl (C=O) groups is 2. The Hall–Kier alpha value is -3.00. The zero-order chi connectivity index (χ0) is 25.9. The number of nitrogens with two attached hydrogens (primary N) is 1. The van der Waals surface area contributed by atoms with E-state index in [0.717, 1.165) is 62.0 Å². The molecule has 2 fully saturated rings. The van der Waals surface area contributed by atoms with Crippen LogP contribution < -0.4 is 16.0 Å².